The largest absolute Gasteiger partial charge is 0.397 e. The maximum atomic E-state index is 12.4. The third-order valence-electron chi connectivity index (χ3n) is 2.94. The molecule has 1 aromatic heterocycles. The zero-order valence-electron chi connectivity index (χ0n) is 11.1. The molecule has 1 aromatic carbocycles. The Morgan fingerprint density at radius 2 is 1.95 bits per heavy atom. The van der Waals surface area contributed by atoms with E-state index in [1.165, 1.54) is 11.3 Å². The first-order chi connectivity index (χ1) is 9.31. The fourth-order valence-corrected chi connectivity index (χ4v) is 4.76. The first-order valence-electron chi connectivity index (χ1n) is 5.89. The topological polar surface area (TPSA) is 72.2 Å². The summed E-state index contributed by atoms with van der Waals surface area (Å²) >= 11 is 4.84. The van der Waals surface area contributed by atoms with E-state index >= 15 is 0 Å². The first-order valence-corrected chi connectivity index (χ1v) is 9.05. The Morgan fingerprint density at radius 3 is 2.55 bits per heavy atom. The highest BCUT2D eigenvalue weighted by molar-refractivity contribution is 9.10. The number of thiophene rings is 1. The average Bonchev–Trinajstić information content (AvgIpc) is 2.78. The molecule has 0 aliphatic rings. The lowest BCUT2D eigenvalue weighted by molar-refractivity contribution is 0.581. The lowest BCUT2D eigenvalue weighted by Gasteiger charge is -2.13. The molecule has 20 heavy (non-hydrogen) atoms. The highest BCUT2D eigenvalue weighted by Crippen LogP contribution is 2.26. The van der Waals surface area contributed by atoms with Crippen molar-refractivity contribution in [2.75, 3.05) is 5.73 Å². The molecule has 7 heteroatoms. The van der Waals surface area contributed by atoms with Gasteiger partial charge in [-0.05, 0) is 47.0 Å². The fourth-order valence-electron chi connectivity index (χ4n) is 1.85. The molecule has 0 atom stereocenters. The second kappa shape index (κ2) is 5.85. The van der Waals surface area contributed by atoms with E-state index in [0.717, 1.165) is 14.9 Å². The SMILES string of the molecule is Cc1ccc(C)c(S(=O)(=O)NCc2cc(Br)cs2)c1N. The van der Waals surface area contributed by atoms with Crippen LogP contribution in [0.25, 0.3) is 0 Å². The second-order valence-corrected chi connectivity index (χ2v) is 8.11. The van der Waals surface area contributed by atoms with Crippen LogP contribution in [0.15, 0.2) is 32.9 Å². The van der Waals surface area contributed by atoms with E-state index in [1.54, 1.807) is 19.9 Å². The van der Waals surface area contributed by atoms with Crippen molar-refractivity contribution < 1.29 is 8.42 Å². The zero-order valence-corrected chi connectivity index (χ0v) is 14.3. The zero-order chi connectivity index (χ0) is 14.9. The van der Waals surface area contributed by atoms with Gasteiger partial charge in [0.25, 0.3) is 0 Å². The van der Waals surface area contributed by atoms with Crippen LogP contribution in [-0.4, -0.2) is 8.42 Å². The molecular formula is C13H15BrN2O2S2. The predicted octanol–water partition coefficient (Wildman–Crippen LogP) is 3.19. The Balaban J connectivity index is 2.29. The average molecular weight is 375 g/mol. The molecule has 0 saturated heterocycles. The van der Waals surface area contributed by atoms with E-state index in [0.29, 0.717) is 11.3 Å². The van der Waals surface area contributed by atoms with Crippen molar-refractivity contribution in [1.29, 1.82) is 0 Å². The van der Waals surface area contributed by atoms with Gasteiger partial charge in [-0.1, -0.05) is 12.1 Å². The van der Waals surface area contributed by atoms with Crippen LogP contribution in [0, 0.1) is 13.8 Å². The van der Waals surface area contributed by atoms with Crippen LogP contribution in [0.5, 0.6) is 0 Å². The molecule has 0 fully saturated rings. The molecule has 0 bridgehead atoms. The highest BCUT2D eigenvalue weighted by atomic mass is 79.9. The van der Waals surface area contributed by atoms with Gasteiger partial charge in [-0.25, -0.2) is 13.1 Å². The monoisotopic (exact) mass is 374 g/mol. The lowest BCUT2D eigenvalue weighted by atomic mass is 10.1. The summed E-state index contributed by atoms with van der Waals surface area (Å²) in [6.07, 6.45) is 0. The van der Waals surface area contributed by atoms with Gasteiger partial charge in [-0.3, -0.25) is 0 Å². The van der Waals surface area contributed by atoms with Gasteiger partial charge in [-0.2, -0.15) is 0 Å². The Kier molecular flexibility index (Phi) is 4.53. The second-order valence-electron chi connectivity index (χ2n) is 4.50. The molecule has 2 aromatic rings. The molecular weight excluding hydrogens is 360 g/mol. The van der Waals surface area contributed by atoms with Crippen LogP contribution >= 0.6 is 27.3 Å². The summed E-state index contributed by atoms with van der Waals surface area (Å²) in [4.78, 5) is 1.11. The predicted molar refractivity (Wildman–Crippen MR) is 86.4 cm³/mol. The number of nitrogens with two attached hydrogens (primary N) is 1. The Labute approximate surface area is 131 Å². The molecule has 2 rings (SSSR count). The summed E-state index contributed by atoms with van der Waals surface area (Å²) in [5.41, 5.74) is 7.63. The summed E-state index contributed by atoms with van der Waals surface area (Å²) < 4.78 is 28.4. The van der Waals surface area contributed by atoms with E-state index in [1.807, 2.05) is 17.5 Å². The first kappa shape index (κ1) is 15.5. The minimum atomic E-state index is -3.62. The van der Waals surface area contributed by atoms with Gasteiger partial charge in [0.15, 0.2) is 0 Å². The fraction of sp³-hybridized carbons (Fsp3) is 0.231. The maximum Gasteiger partial charge on any atom is 0.243 e. The van der Waals surface area contributed by atoms with Crippen molar-refractivity contribution in [2.45, 2.75) is 25.3 Å². The van der Waals surface area contributed by atoms with Gasteiger partial charge < -0.3 is 5.73 Å². The molecule has 0 unspecified atom stereocenters. The minimum Gasteiger partial charge on any atom is -0.397 e. The quantitative estimate of drug-likeness (QED) is 0.807. The summed E-state index contributed by atoms with van der Waals surface area (Å²) in [6, 6.07) is 5.47. The summed E-state index contributed by atoms with van der Waals surface area (Å²) in [5.74, 6) is 0. The Hall–Kier alpha value is -0.890. The van der Waals surface area contributed by atoms with E-state index in [9.17, 15) is 8.42 Å². The summed E-state index contributed by atoms with van der Waals surface area (Å²) in [7, 11) is -3.62. The van der Waals surface area contributed by atoms with E-state index in [2.05, 4.69) is 20.7 Å². The molecule has 108 valence electrons. The molecule has 0 amide bonds. The molecule has 0 aliphatic heterocycles. The molecule has 3 N–H and O–H groups in total. The van der Waals surface area contributed by atoms with Crippen LogP contribution < -0.4 is 10.5 Å². The minimum absolute atomic E-state index is 0.174. The van der Waals surface area contributed by atoms with Crippen molar-refractivity contribution in [3.8, 4) is 0 Å². The lowest BCUT2D eigenvalue weighted by Crippen LogP contribution is -2.25. The third-order valence-corrected chi connectivity index (χ3v) is 6.24. The van der Waals surface area contributed by atoms with Gasteiger partial charge in [0.05, 0.1) is 5.69 Å². The Bertz CT molecular complexity index is 739. The molecule has 0 saturated carbocycles. The number of nitrogens with one attached hydrogen (secondary N) is 1. The highest BCUT2D eigenvalue weighted by Gasteiger charge is 2.21. The van der Waals surface area contributed by atoms with Crippen LogP contribution in [-0.2, 0) is 16.6 Å². The smallest absolute Gasteiger partial charge is 0.243 e. The van der Waals surface area contributed by atoms with E-state index in [-0.39, 0.29) is 11.4 Å². The molecule has 0 aliphatic carbocycles. The number of halogens is 1. The number of anilines is 1. The number of aryl methyl sites for hydroxylation is 2. The summed E-state index contributed by atoms with van der Waals surface area (Å²) in [5, 5.41) is 1.91. The van der Waals surface area contributed by atoms with E-state index in [4.69, 9.17) is 5.73 Å². The van der Waals surface area contributed by atoms with Crippen LogP contribution in [0.2, 0.25) is 0 Å². The molecule has 1 heterocycles. The van der Waals surface area contributed by atoms with E-state index < -0.39 is 10.0 Å². The van der Waals surface area contributed by atoms with Crippen LogP contribution in [0.4, 0.5) is 5.69 Å². The van der Waals surface area contributed by atoms with Gasteiger partial charge in [0, 0.05) is 21.3 Å². The molecule has 4 nitrogen and oxygen atoms in total. The summed E-state index contributed by atoms with van der Waals surface area (Å²) in [6.45, 7) is 3.79. The van der Waals surface area contributed by atoms with Gasteiger partial charge in [0.1, 0.15) is 4.90 Å². The molecule has 0 radical (unpaired) electrons. The maximum absolute atomic E-state index is 12.4. The van der Waals surface area contributed by atoms with Gasteiger partial charge in [0.2, 0.25) is 10.0 Å². The van der Waals surface area contributed by atoms with Crippen LogP contribution in [0.1, 0.15) is 16.0 Å². The number of nitrogen functional groups attached to an aromatic ring is 1. The number of benzene rings is 1. The normalized spacial score (nSPS) is 11.8. The third kappa shape index (κ3) is 3.22. The Morgan fingerprint density at radius 1 is 1.30 bits per heavy atom. The van der Waals surface area contributed by atoms with Crippen LogP contribution in [0.3, 0.4) is 0 Å². The number of hydrogen-bond acceptors (Lipinski definition) is 4. The number of hydrogen-bond donors (Lipinski definition) is 2. The van der Waals surface area contributed by atoms with Crippen molar-refractivity contribution in [1.82, 2.24) is 4.72 Å². The van der Waals surface area contributed by atoms with Crippen molar-refractivity contribution >= 4 is 43.0 Å². The van der Waals surface area contributed by atoms with Crippen molar-refractivity contribution in [3.05, 3.63) is 44.1 Å². The van der Waals surface area contributed by atoms with Gasteiger partial charge in [-0.15, -0.1) is 11.3 Å². The van der Waals surface area contributed by atoms with Crippen molar-refractivity contribution in [3.63, 3.8) is 0 Å². The number of sulfonamides is 1. The standard InChI is InChI=1S/C13H15BrN2O2S2/c1-8-3-4-9(2)13(12(8)15)20(17,18)16-6-11-5-10(14)7-19-11/h3-5,7,16H,6,15H2,1-2H3. The molecule has 0 spiro atoms. The van der Waals surface area contributed by atoms with Crippen molar-refractivity contribution in [2.24, 2.45) is 0 Å². The number of rotatable bonds is 4. The van der Waals surface area contributed by atoms with Gasteiger partial charge >= 0.3 is 0 Å².